The van der Waals surface area contributed by atoms with Crippen LogP contribution in [0.5, 0.6) is 11.5 Å². The van der Waals surface area contributed by atoms with Crippen molar-refractivity contribution in [2.45, 2.75) is 18.6 Å². The highest BCUT2D eigenvalue weighted by Gasteiger charge is 2.27. The Kier molecular flexibility index (Phi) is 3.32. The molecule has 1 aliphatic rings. The van der Waals surface area contributed by atoms with Crippen molar-refractivity contribution in [2.75, 3.05) is 7.11 Å². The van der Waals surface area contributed by atoms with Gasteiger partial charge in [0.2, 0.25) is 0 Å². The number of fused-ring (bicyclic) bond motifs is 1. The highest BCUT2D eigenvalue weighted by molar-refractivity contribution is 5.40. The Morgan fingerprint density at radius 3 is 2.90 bits per heavy atom. The summed E-state index contributed by atoms with van der Waals surface area (Å²) in [5.74, 6) is 0.975. The zero-order chi connectivity index (χ0) is 14.1. The molecule has 0 saturated heterocycles. The third-order valence-corrected chi connectivity index (χ3v) is 3.58. The lowest BCUT2D eigenvalue weighted by Crippen LogP contribution is -2.24. The van der Waals surface area contributed by atoms with Gasteiger partial charge in [0.1, 0.15) is 23.4 Å². The summed E-state index contributed by atoms with van der Waals surface area (Å²) in [5, 5.41) is 0. The molecule has 0 amide bonds. The van der Waals surface area contributed by atoms with Crippen LogP contribution >= 0.6 is 0 Å². The van der Waals surface area contributed by atoms with E-state index in [-0.39, 0.29) is 18.0 Å². The van der Waals surface area contributed by atoms with Crippen LogP contribution in [0.1, 0.15) is 29.7 Å². The molecular formula is C16H16FNO2. The van der Waals surface area contributed by atoms with Crippen molar-refractivity contribution in [2.24, 2.45) is 5.73 Å². The summed E-state index contributed by atoms with van der Waals surface area (Å²) in [6, 6.07) is 12.0. The first-order valence-electron chi connectivity index (χ1n) is 6.53. The van der Waals surface area contributed by atoms with E-state index in [0.717, 1.165) is 16.9 Å². The number of hydrogen-bond donors (Lipinski definition) is 1. The van der Waals surface area contributed by atoms with Crippen LogP contribution in [0.15, 0.2) is 42.5 Å². The SMILES string of the molecule is COc1cccc(C2CC(N)c3ccc(F)cc3O2)c1. The Morgan fingerprint density at radius 1 is 1.25 bits per heavy atom. The first-order chi connectivity index (χ1) is 9.67. The van der Waals surface area contributed by atoms with Crippen LogP contribution in [0.25, 0.3) is 0 Å². The molecule has 104 valence electrons. The minimum atomic E-state index is -0.317. The van der Waals surface area contributed by atoms with E-state index in [1.54, 1.807) is 13.2 Å². The highest BCUT2D eigenvalue weighted by atomic mass is 19.1. The molecule has 3 rings (SSSR count). The summed E-state index contributed by atoms with van der Waals surface area (Å²) in [4.78, 5) is 0. The normalized spacial score (nSPS) is 20.9. The molecule has 2 N–H and O–H groups in total. The molecule has 2 aromatic rings. The Bertz CT molecular complexity index is 630. The largest absolute Gasteiger partial charge is 0.497 e. The van der Waals surface area contributed by atoms with E-state index < -0.39 is 0 Å². The summed E-state index contributed by atoms with van der Waals surface area (Å²) < 4.78 is 24.4. The molecule has 20 heavy (non-hydrogen) atoms. The molecule has 0 bridgehead atoms. The summed E-state index contributed by atoms with van der Waals surface area (Å²) in [6.07, 6.45) is 0.473. The quantitative estimate of drug-likeness (QED) is 0.912. The van der Waals surface area contributed by atoms with E-state index in [1.807, 2.05) is 24.3 Å². The van der Waals surface area contributed by atoms with E-state index in [9.17, 15) is 4.39 Å². The Labute approximate surface area is 117 Å². The third kappa shape index (κ3) is 2.34. The number of rotatable bonds is 2. The minimum absolute atomic E-state index is 0.157. The fourth-order valence-electron chi connectivity index (χ4n) is 2.52. The van der Waals surface area contributed by atoms with E-state index in [4.69, 9.17) is 15.2 Å². The van der Waals surface area contributed by atoms with Gasteiger partial charge in [0.25, 0.3) is 0 Å². The summed E-state index contributed by atoms with van der Waals surface area (Å²) in [7, 11) is 1.62. The molecule has 0 saturated carbocycles. The van der Waals surface area contributed by atoms with Gasteiger partial charge in [-0.25, -0.2) is 4.39 Å². The van der Waals surface area contributed by atoms with Gasteiger partial charge in [0.05, 0.1) is 7.11 Å². The van der Waals surface area contributed by atoms with Gasteiger partial charge in [0.15, 0.2) is 0 Å². The van der Waals surface area contributed by atoms with Crippen molar-refractivity contribution >= 4 is 0 Å². The van der Waals surface area contributed by atoms with Crippen LogP contribution in [-0.2, 0) is 0 Å². The van der Waals surface area contributed by atoms with E-state index in [1.165, 1.54) is 12.1 Å². The molecule has 0 aliphatic carbocycles. The molecule has 2 atom stereocenters. The van der Waals surface area contributed by atoms with Crippen molar-refractivity contribution in [1.82, 2.24) is 0 Å². The first-order valence-corrected chi connectivity index (χ1v) is 6.53. The first kappa shape index (κ1) is 12.9. The van der Waals surface area contributed by atoms with Gasteiger partial charge in [-0.15, -0.1) is 0 Å². The minimum Gasteiger partial charge on any atom is -0.497 e. The molecule has 0 spiro atoms. The second-order valence-electron chi connectivity index (χ2n) is 4.91. The fraction of sp³-hybridized carbons (Fsp3) is 0.250. The molecule has 2 aromatic carbocycles. The number of methoxy groups -OCH3 is 1. The highest BCUT2D eigenvalue weighted by Crippen LogP contribution is 2.40. The van der Waals surface area contributed by atoms with Gasteiger partial charge in [-0.3, -0.25) is 0 Å². The van der Waals surface area contributed by atoms with E-state index in [0.29, 0.717) is 12.2 Å². The predicted octanol–water partition coefficient (Wildman–Crippen LogP) is 3.36. The van der Waals surface area contributed by atoms with Crippen LogP contribution in [0.4, 0.5) is 4.39 Å². The molecule has 0 fully saturated rings. The molecule has 0 aromatic heterocycles. The van der Waals surface area contributed by atoms with Crippen molar-refractivity contribution in [1.29, 1.82) is 0 Å². The van der Waals surface area contributed by atoms with Gasteiger partial charge in [-0.2, -0.15) is 0 Å². The van der Waals surface area contributed by atoms with E-state index in [2.05, 4.69) is 0 Å². The van der Waals surface area contributed by atoms with Crippen molar-refractivity contribution in [3.63, 3.8) is 0 Å². The lowest BCUT2D eigenvalue weighted by Gasteiger charge is -2.30. The maximum Gasteiger partial charge on any atom is 0.127 e. The van der Waals surface area contributed by atoms with Crippen molar-refractivity contribution in [3.8, 4) is 11.5 Å². The molecule has 1 aliphatic heterocycles. The number of halogens is 1. The lowest BCUT2D eigenvalue weighted by atomic mass is 9.93. The number of hydrogen-bond acceptors (Lipinski definition) is 3. The lowest BCUT2D eigenvalue weighted by molar-refractivity contribution is 0.160. The molecular weight excluding hydrogens is 257 g/mol. The average Bonchev–Trinajstić information content (AvgIpc) is 2.46. The molecule has 0 radical (unpaired) electrons. The van der Waals surface area contributed by atoms with E-state index >= 15 is 0 Å². The summed E-state index contributed by atoms with van der Waals surface area (Å²) in [5.41, 5.74) is 7.99. The summed E-state index contributed by atoms with van der Waals surface area (Å²) in [6.45, 7) is 0. The average molecular weight is 273 g/mol. The summed E-state index contributed by atoms with van der Waals surface area (Å²) >= 11 is 0. The number of nitrogens with two attached hydrogens (primary N) is 1. The van der Waals surface area contributed by atoms with Crippen LogP contribution in [0, 0.1) is 5.82 Å². The molecule has 3 nitrogen and oxygen atoms in total. The maximum absolute atomic E-state index is 13.3. The second-order valence-corrected chi connectivity index (χ2v) is 4.91. The standard InChI is InChI=1S/C16H16FNO2/c1-19-12-4-2-3-10(7-12)15-9-14(18)13-6-5-11(17)8-16(13)20-15/h2-8,14-15H,9,18H2,1H3. The van der Waals surface area contributed by atoms with Crippen LogP contribution in [0.3, 0.4) is 0 Å². The zero-order valence-corrected chi connectivity index (χ0v) is 11.2. The van der Waals surface area contributed by atoms with Gasteiger partial charge in [0, 0.05) is 24.1 Å². The number of ether oxygens (including phenoxy) is 2. The van der Waals surface area contributed by atoms with Gasteiger partial charge < -0.3 is 15.2 Å². The second kappa shape index (κ2) is 5.13. The van der Waals surface area contributed by atoms with Crippen LogP contribution in [-0.4, -0.2) is 7.11 Å². The van der Waals surface area contributed by atoms with Crippen molar-refractivity contribution in [3.05, 3.63) is 59.4 Å². The maximum atomic E-state index is 13.3. The molecule has 4 heteroatoms. The third-order valence-electron chi connectivity index (χ3n) is 3.58. The molecule has 1 heterocycles. The number of benzene rings is 2. The van der Waals surface area contributed by atoms with Crippen molar-refractivity contribution < 1.29 is 13.9 Å². The monoisotopic (exact) mass is 273 g/mol. The Morgan fingerprint density at radius 2 is 2.10 bits per heavy atom. The molecule has 2 unspecified atom stereocenters. The van der Waals surface area contributed by atoms with Gasteiger partial charge in [-0.05, 0) is 23.8 Å². The predicted molar refractivity (Wildman–Crippen MR) is 74.3 cm³/mol. The van der Waals surface area contributed by atoms with Crippen LogP contribution < -0.4 is 15.2 Å². The van der Waals surface area contributed by atoms with Gasteiger partial charge >= 0.3 is 0 Å². The topological polar surface area (TPSA) is 44.5 Å². The smallest absolute Gasteiger partial charge is 0.127 e. The van der Waals surface area contributed by atoms with Gasteiger partial charge in [-0.1, -0.05) is 18.2 Å². The fourth-order valence-corrected chi connectivity index (χ4v) is 2.52. The Balaban J connectivity index is 1.94. The van der Waals surface area contributed by atoms with Crippen LogP contribution in [0.2, 0.25) is 0 Å². The Hall–Kier alpha value is -2.07. The zero-order valence-electron chi connectivity index (χ0n) is 11.2.